The molecule has 1 rings (SSSR count). The fourth-order valence-electron chi connectivity index (χ4n) is 1.32. The maximum atomic E-state index is 14.1. The lowest BCUT2D eigenvalue weighted by molar-refractivity contribution is -0.111. The molecule has 1 amide bonds. The summed E-state index contributed by atoms with van der Waals surface area (Å²) in [5.74, 6) is 3.16. The second-order valence-electron chi connectivity index (χ2n) is 3.97. The van der Waals surface area contributed by atoms with Gasteiger partial charge in [0, 0.05) is 14.1 Å². The molecule has 0 aliphatic rings. The third kappa shape index (κ3) is 3.82. The average Bonchev–Trinajstić information content (AvgIpc) is 2.39. The summed E-state index contributed by atoms with van der Waals surface area (Å²) in [6.45, 7) is 1.50. The zero-order valence-electron chi connectivity index (χ0n) is 11.4. The Balaban J connectivity index is 3.17. The Morgan fingerprint density at radius 3 is 2.75 bits per heavy atom. The van der Waals surface area contributed by atoms with Gasteiger partial charge >= 0.3 is 0 Å². The Hall–Kier alpha value is -2.86. The van der Waals surface area contributed by atoms with E-state index >= 15 is 0 Å². The highest BCUT2D eigenvalue weighted by atomic mass is 19.1. The molecule has 1 aromatic rings. The molecule has 0 radical (unpaired) electrons. The summed E-state index contributed by atoms with van der Waals surface area (Å²) in [5.41, 5.74) is -0.137. The van der Waals surface area contributed by atoms with Crippen LogP contribution >= 0.6 is 0 Å². The highest BCUT2D eigenvalue weighted by molar-refractivity contribution is 6.04. The molecule has 0 unspecified atom stereocenters. The first kappa shape index (κ1) is 15.2. The highest BCUT2D eigenvalue weighted by Crippen LogP contribution is 2.27. The summed E-state index contributed by atoms with van der Waals surface area (Å²) in [7, 11) is 3.51. The monoisotopic (exact) mass is 272 g/mol. The fraction of sp³-hybridized carbons (Fsp3) is 0.214. The minimum absolute atomic E-state index is 0.0990. The lowest BCUT2D eigenvalue weighted by Crippen LogP contribution is -2.10. The van der Waals surface area contributed by atoms with E-state index in [0.29, 0.717) is 0 Å². The number of halogens is 1. The van der Waals surface area contributed by atoms with E-state index in [1.807, 2.05) is 0 Å². The molecule has 0 saturated carbocycles. The van der Waals surface area contributed by atoms with Gasteiger partial charge in [-0.2, -0.15) is 5.26 Å². The molecule has 0 aliphatic heterocycles. The molecule has 0 aromatic heterocycles. The van der Waals surface area contributed by atoms with Crippen LogP contribution < -0.4 is 5.32 Å². The fourth-order valence-corrected chi connectivity index (χ4v) is 1.32. The SMILES string of the molecule is CC#CC(=O)Nc1ccc(N=CN(C)C)c(C#N)c1F. The van der Waals surface area contributed by atoms with E-state index in [1.165, 1.54) is 25.4 Å². The van der Waals surface area contributed by atoms with E-state index in [2.05, 4.69) is 22.2 Å². The van der Waals surface area contributed by atoms with Crippen LogP contribution in [0.1, 0.15) is 12.5 Å². The zero-order chi connectivity index (χ0) is 15.1. The van der Waals surface area contributed by atoms with Gasteiger partial charge in [0.15, 0.2) is 5.82 Å². The number of aliphatic imine (C=N–C) groups is 1. The molecule has 0 aliphatic carbocycles. The van der Waals surface area contributed by atoms with Crippen LogP contribution in [0, 0.1) is 29.0 Å². The average molecular weight is 272 g/mol. The summed E-state index contributed by atoms with van der Waals surface area (Å²) in [6, 6.07) is 4.53. The number of hydrogen-bond donors (Lipinski definition) is 1. The van der Waals surface area contributed by atoms with Gasteiger partial charge in [0.25, 0.3) is 5.91 Å². The Morgan fingerprint density at radius 2 is 2.20 bits per heavy atom. The molecule has 1 aromatic carbocycles. The predicted molar refractivity (Wildman–Crippen MR) is 75.0 cm³/mol. The second kappa shape index (κ2) is 6.91. The number of nitriles is 1. The standard InChI is InChI=1S/C14H13FN4O/c1-4-5-13(20)18-12-7-6-11(17-9-19(2)3)10(8-16)14(12)15/h6-7,9H,1-3H3,(H,18,20). The van der Waals surface area contributed by atoms with Crippen molar-refractivity contribution < 1.29 is 9.18 Å². The maximum absolute atomic E-state index is 14.1. The number of benzene rings is 1. The first-order chi connectivity index (χ1) is 9.49. The van der Waals surface area contributed by atoms with E-state index in [4.69, 9.17) is 5.26 Å². The van der Waals surface area contributed by atoms with Gasteiger partial charge < -0.3 is 10.2 Å². The molecule has 0 saturated heterocycles. The lowest BCUT2D eigenvalue weighted by Gasteiger charge is -2.07. The van der Waals surface area contributed by atoms with Crippen molar-refractivity contribution in [3.63, 3.8) is 0 Å². The van der Waals surface area contributed by atoms with Crippen molar-refractivity contribution >= 4 is 23.6 Å². The number of nitrogens with zero attached hydrogens (tertiary/aromatic N) is 3. The lowest BCUT2D eigenvalue weighted by atomic mass is 10.1. The number of anilines is 1. The molecule has 1 N–H and O–H groups in total. The molecule has 0 bridgehead atoms. The topological polar surface area (TPSA) is 68.5 Å². The third-order valence-corrected chi connectivity index (χ3v) is 2.15. The van der Waals surface area contributed by atoms with Crippen LogP contribution in [0.4, 0.5) is 15.8 Å². The van der Waals surface area contributed by atoms with Crippen molar-refractivity contribution in [1.82, 2.24) is 4.90 Å². The quantitative estimate of drug-likeness (QED) is 0.519. The van der Waals surface area contributed by atoms with E-state index in [1.54, 1.807) is 25.1 Å². The van der Waals surface area contributed by atoms with Gasteiger partial charge in [-0.05, 0) is 25.0 Å². The number of amides is 1. The van der Waals surface area contributed by atoms with E-state index < -0.39 is 11.7 Å². The van der Waals surface area contributed by atoms with E-state index in [-0.39, 0.29) is 16.9 Å². The van der Waals surface area contributed by atoms with Crippen molar-refractivity contribution in [2.75, 3.05) is 19.4 Å². The van der Waals surface area contributed by atoms with Crippen LogP contribution in [-0.4, -0.2) is 31.2 Å². The molecule has 5 nitrogen and oxygen atoms in total. The first-order valence-electron chi connectivity index (χ1n) is 5.66. The Labute approximate surface area is 116 Å². The van der Waals surface area contributed by atoms with Crippen molar-refractivity contribution in [3.8, 4) is 17.9 Å². The van der Waals surface area contributed by atoms with Gasteiger partial charge in [-0.1, -0.05) is 5.92 Å². The van der Waals surface area contributed by atoms with Crippen molar-refractivity contribution in [3.05, 3.63) is 23.5 Å². The van der Waals surface area contributed by atoms with Crippen molar-refractivity contribution in [2.45, 2.75) is 6.92 Å². The van der Waals surface area contributed by atoms with Gasteiger partial charge in [0.2, 0.25) is 0 Å². The molecule has 0 spiro atoms. The normalized spacial score (nSPS) is 9.55. The molecule has 0 fully saturated rings. The summed E-state index contributed by atoms with van der Waals surface area (Å²) in [4.78, 5) is 16.9. The van der Waals surface area contributed by atoms with Crippen LogP contribution in [0.25, 0.3) is 0 Å². The van der Waals surface area contributed by atoms with Crippen LogP contribution in [0.3, 0.4) is 0 Å². The van der Waals surface area contributed by atoms with Crippen LogP contribution in [0.2, 0.25) is 0 Å². The third-order valence-electron chi connectivity index (χ3n) is 2.15. The molecular weight excluding hydrogens is 259 g/mol. The van der Waals surface area contributed by atoms with Gasteiger partial charge in [-0.25, -0.2) is 9.38 Å². The minimum Gasteiger partial charge on any atom is -0.369 e. The van der Waals surface area contributed by atoms with Crippen LogP contribution in [-0.2, 0) is 4.79 Å². The summed E-state index contributed by atoms with van der Waals surface area (Å²) >= 11 is 0. The molecule has 102 valence electrons. The highest BCUT2D eigenvalue weighted by Gasteiger charge is 2.14. The van der Waals surface area contributed by atoms with Crippen molar-refractivity contribution in [1.29, 1.82) is 5.26 Å². The predicted octanol–water partition coefficient (Wildman–Crippen LogP) is 1.88. The first-order valence-corrected chi connectivity index (χ1v) is 5.66. The number of nitrogens with one attached hydrogen (secondary N) is 1. The smallest absolute Gasteiger partial charge is 0.300 e. The van der Waals surface area contributed by atoms with E-state index in [0.717, 1.165) is 0 Å². The van der Waals surface area contributed by atoms with Gasteiger partial charge in [0.1, 0.15) is 11.6 Å². The zero-order valence-corrected chi connectivity index (χ0v) is 11.4. The van der Waals surface area contributed by atoms with E-state index in [9.17, 15) is 9.18 Å². The number of carbonyl (C=O) groups excluding carboxylic acids is 1. The Kier molecular flexibility index (Phi) is 5.25. The largest absolute Gasteiger partial charge is 0.369 e. The van der Waals surface area contributed by atoms with Crippen molar-refractivity contribution in [2.24, 2.45) is 4.99 Å². The molecule has 0 heterocycles. The van der Waals surface area contributed by atoms with Gasteiger partial charge in [0.05, 0.1) is 17.7 Å². The number of hydrogen-bond acceptors (Lipinski definition) is 3. The summed E-state index contributed by atoms with van der Waals surface area (Å²) in [6.07, 6.45) is 1.45. The van der Waals surface area contributed by atoms with Gasteiger partial charge in [-0.15, -0.1) is 0 Å². The molecular formula is C14H13FN4O. The maximum Gasteiger partial charge on any atom is 0.300 e. The number of carbonyl (C=O) groups is 1. The van der Waals surface area contributed by atoms with Gasteiger partial charge in [-0.3, -0.25) is 4.79 Å². The Morgan fingerprint density at radius 1 is 1.50 bits per heavy atom. The van der Waals surface area contributed by atoms with Crippen LogP contribution in [0.5, 0.6) is 0 Å². The minimum atomic E-state index is -0.827. The van der Waals surface area contributed by atoms with Crippen LogP contribution in [0.15, 0.2) is 17.1 Å². The second-order valence-corrected chi connectivity index (χ2v) is 3.97. The molecule has 0 atom stereocenters. The summed E-state index contributed by atoms with van der Waals surface area (Å²) in [5, 5.41) is 11.3. The molecule has 20 heavy (non-hydrogen) atoms. The molecule has 6 heteroatoms. The Bertz CT molecular complexity index is 648. The number of rotatable bonds is 3. The summed E-state index contributed by atoms with van der Waals surface area (Å²) < 4.78 is 14.1.